The second kappa shape index (κ2) is 12.2. The van der Waals surface area contributed by atoms with Crippen molar-refractivity contribution in [3.05, 3.63) is 64.7 Å². The molecule has 6 heteroatoms. The highest BCUT2D eigenvalue weighted by Crippen LogP contribution is 2.17. The van der Waals surface area contributed by atoms with Gasteiger partial charge in [0.05, 0.1) is 6.61 Å². The minimum absolute atomic E-state index is 0.0597. The maximum absolute atomic E-state index is 13.0. The van der Waals surface area contributed by atoms with Crippen LogP contribution in [0.1, 0.15) is 44.2 Å². The van der Waals surface area contributed by atoms with Crippen molar-refractivity contribution < 1.29 is 14.3 Å². The number of likely N-dealkylation sites (N-methyl/N-ethyl adjacent to an activating group) is 1. The van der Waals surface area contributed by atoms with Gasteiger partial charge in [-0.3, -0.25) is 9.59 Å². The number of hydrogen-bond donors (Lipinski definition) is 1. The van der Waals surface area contributed by atoms with Gasteiger partial charge in [0, 0.05) is 24.5 Å². The minimum atomic E-state index is -0.508. The van der Waals surface area contributed by atoms with E-state index in [2.05, 4.69) is 5.32 Å². The summed E-state index contributed by atoms with van der Waals surface area (Å²) in [5.41, 5.74) is 2.11. The molecule has 0 fully saturated rings. The van der Waals surface area contributed by atoms with E-state index in [0.717, 1.165) is 11.3 Å². The van der Waals surface area contributed by atoms with Gasteiger partial charge in [-0.2, -0.15) is 0 Å². The molecular weight excluding hydrogens is 400 g/mol. The van der Waals surface area contributed by atoms with E-state index in [1.54, 1.807) is 17.0 Å². The van der Waals surface area contributed by atoms with Crippen LogP contribution in [0.3, 0.4) is 0 Å². The Morgan fingerprint density at radius 2 is 1.73 bits per heavy atom. The zero-order valence-corrected chi connectivity index (χ0v) is 18.7. The normalized spacial score (nSPS) is 11.6. The largest absolute Gasteiger partial charge is 0.494 e. The van der Waals surface area contributed by atoms with Gasteiger partial charge in [-0.15, -0.1) is 0 Å². The molecule has 162 valence electrons. The molecule has 2 aromatic carbocycles. The van der Waals surface area contributed by atoms with Crippen LogP contribution in [0.25, 0.3) is 0 Å². The molecule has 0 aromatic heterocycles. The fraction of sp³-hybridized carbons (Fsp3) is 0.417. The van der Waals surface area contributed by atoms with Crippen LogP contribution in [0.4, 0.5) is 0 Å². The summed E-state index contributed by atoms with van der Waals surface area (Å²) in [6.45, 7) is 7.16. The molecule has 0 aliphatic rings. The highest BCUT2D eigenvalue weighted by molar-refractivity contribution is 6.30. The number of aryl methyl sites for hydroxylation is 1. The maximum Gasteiger partial charge on any atom is 0.242 e. The first kappa shape index (κ1) is 23.7. The lowest BCUT2D eigenvalue weighted by atomic mass is 10.1. The summed E-state index contributed by atoms with van der Waals surface area (Å²) in [5.74, 6) is 0.605. The zero-order valence-electron chi connectivity index (χ0n) is 18.0. The van der Waals surface area contributed by atoms with Crippen LogP contribution in [0.2, 0.25) is 5.02 Å². The van der Waals surface area contributed by atoms with Crippen LogP contribution >= 0.6 is 11.6 Å². The average molecular weight is 431 g/mol. The molecule has 0 heterocycles. The topological polar surface area (TPSA) is 58.6 Å². The van der Waals surface area contributed by atoms with Crippen LogP contribution in [0.15, 0.2) is 48.5 Å². The van der Waals surface area contributed by atoms with E-state index in [1.165, 1.54) is 5.56 Å². The number of rotatable bonds is 11. The molecule has 1 N–H and O–H groups in total. The van der Waals surface area contributed by atoms with Gasteiger partial charge in [0.25, 0.3) is 0 Å². The van der Waals surface area contributed by atoms with Crippen molar-refractivity contribution in [2.24, 2.45) is 0 Å². The van der Waals surface area contributed by atoms with Gasteiger partial charge in [0.1, 0.15) is 11.8 Å². The van der Waals surface area contributed by atoms with Crippen molar-refractivity contribution in [3.8, 4) is 5.75 Å². The fourth-order valence-electron chi connectivity index (χ4n) is 3.19. The Morgan fingerprint density at radius 1 is 1.07 bits per heavy atom. The predicted molar refractivity (Wildman–Crippen MR) is 121 cm³/mol. The molecule has 0 saturated carbocycles. The van der Waals surface area contributed by atoms with Crippen LogP contribution < -0.4 is 10.1 Å². The van der Waals surface area contributed by atoms with Gasteiger partial charge in [-0.25, -0.2) is 0 Å². The summed E-state index contributed by atoms with van der Waals surface area (Å²) in [4.78, 5) is 27.3. The van der Waals surface area contributed by atoms with E-state index in [-0.39, 0.29) is 11.8 Å². The summed E-state index contributed by atoms with van der Waals surface area (Å²) < 4.78 is 5.73. The van der Waals surface area contributed by atoms with E-state index >= 15 is 0 Å². The number of halogens is 1. The third-order valence-electron chi connectivity index (χ3n) is 4.83. The van der Waals surface area contributed by atoms with Crippen molar-refractivity contribution in [2.45, 2.75) is 52.6 Å². The summed E-state index contributed by atoms with van der Waals surface area (Å²) in [6.07, 6.45) is 1.44. The van der Waals surface area contributed by atoms with Crippen molar-refractivity contribution in [3.63, 3.8) is 0 Å². The first-order chi connectivity index (χ1) is 14.4. The van der Waals surface area contributed by atoms with Crippen molar-refractivity contribution >= 4 is 23.4 Å². The number of amides is 2. The Labute approximate surface area is 184 Å². The van der Waals surface area contributed by atoms with Crippen LogP contribution in [-0.2, 0) is 16.1 Å². The molecule has 0 saturated heterocycles. The van der Waals surface area contributed by atoms with Crippen molar-refractivity contribution in [1.29, 1.82) is 0 Å². The van der Waals surface area contributed by atoms with Crippen LogP contribution in [-0.4, -0.2) is 35.9 Å². The molecule has 2 aromatic rings. The zero-order chi connectivity index (χ0) is 21.9. The Morgan fingerprint density at radius 3 is 2.33 bits per heavy atom. The first-order valence-electron chi connectivity index (χ1n) is 10.5. The highest BCUT2D eigenvalue weighted by Gasteiger charge is 2.27. The molecular formula is C24H31ClN2O3. The second-order valence-electron chi connectivity index (χ2n) is 7.23. The van der Waals surface area contributed by atoms with Crippen LogP contribution in [0, 0.1) is 6.92 Å². The lowest BCUT2D eigenvalue weighted by Crippen LogP contribution is -2.49. The summed E-state index contributed by atoms with van der Waals surface area (Å²) in [5, 5.41) is 3.48. The summed E-state index contributed by atoms with van der Waals surface area (Å²) in [6, 6.07) is 14.7. The number of benzene rings is 2. The van der Waals surface area contributed by atoms with Gasteiger partial charge in [0.2, 0.25) is 11.8 Å². The lowest BCUT2D eigenvalue weighted by Gasteiger charge is -2.30. The molecule has 0 spiro atoms. The predicted octanol–water partition coefficient (Wildman–Crippen LogP) is 4.75. The monoisotopic (exact) mass is 430 g/mol. The minimum Gasteiger partial charge on any atom is -0.494 e. The SMILES string of the molecule is CCNC(=O)C(CC)N(Cc1ccc(Cl)cc1)C(=O)CCCOc1ccc(C)cc1. The van der Waals surface area contributed by atoms with Gasteiger partial charge < -0.3 is 15.0 Å². The lowest BCUT2D eigenvalue weighted by molar-refractivity contribution is -0.141. The van der Waals surface area contributed by atoms with Crippen molar-refractivity contribution in [1.82, 2.24) is 10.2 Å². The molecule has 5 nitrogen and oxygen atoms in total. The molecule has 0 bridgehead atoms. The Kier molecular flexibility index (Phi) is 9.68. The number of carbonyl (C=O) groups is 2. The van der Waals surface area contributed by atoms with Crippen molar-refractivity contribution in [2.75, 3.05) is 13.2 Å². The molecule has 0 aliphatic carbocycles. The first-order valence-corrected chi connectivity index (χ1v) is 10.8. The van der Waals surface area contributed by atoms with Gasteiger partial charge in [-0.1, -0.05) is 48.4 Å². The molecule has 2 amide bonds. The standard InChI is InChI=1S/C24H31ClN2O3/c1-4-22(24(29)26-5-2)27(17-19-10-12-20(25)13-11-19)23(28)7-6-16-30-21-14-8-18(3)9-15-21/h8-15,22H,4-7,16-17H2,1-3H3,(H,26,29). The fourth-order valence-corrected chi connectivity index (χ4v) is 3.32. The van der Waals surface area contributed by atoms with Gasteiger partial charge in [-0.05, 0) is 56.5 Å². The molecule has 1 atom stereocenters. The van der Waals surface area contributed by atoms with Gasteiger partial charge >= 0.3 is 0 Å². The number of nitrogens with one attached hydrogen (secondary N) is 1. The third kappa shape index (κ3) is 7.38. The smallest absolute Gasteiger partial charge is 0.242 e. The van der Waals surface area contributed by atoms with E-state index in [1.807, 2.05) is 57.2 Å². The van der Waals surface area contributed by atoms with Gasteiger partial charge in [0.15, 0.2) is 0 Å². The Bertz CT molecular complexity index is 806. The average Bonchev–Trinajstić information content (AvgIpc) is 2.74. The Balaban J connectivity index is 2.01. The molecule has 0 radical (unpaired) electrons. The Hall–Kier alpha value is -2.53. The second-order valence-corrected chi connectivity index (χ2v) is 7.67. The van der Waals surface area contributed by atoms with E-state index in [9.17, 15) is 9.59 Å². The number of carbonyl (C=O) groups excluding carboxylic acids is 2. The number of nitrogens with zero attached hydrogens (tertiary/aromatic N) is 1. The van der Waals surface area contributed by atoms with E-state index in [4.69, 9.17) is 16.3 Å². The summed E-state index contributed by atoms with van der Waals surface area (Å²) >= 11 is 5.98. The van der Waals surface area contributed by atoms with E-state index in [0.29, 0.717) is 44.0 Å². The molecule has 2 rings (SSSR count). The van der Waals surface area contributed by atoms with Crippen LogP contribution in [0.5, 0.6) is 5.75 Å². The number of hydrogen-bond acceptors (Lipinski definition) is 3. The number of ether oxygens (including phenoxy) is 1. The molecule has 0 aliphatic heterocycles. The maximum atomic E-state index is 13.0. The highest BCUT2D eigenvalue weighted by atomic mass is 35.5. The molecule has 1 unspecified atom stereocenters. The molecule has 30 heavy (non-hydrogen) atoms. The quantitative estimate of drug-likeness (QED) is 0.523. The van der Waals surface area contributed by atoms with E-state index < -0.39 is 6.04 Å². The third-order valence-corrected chi connectivity index (χ3v) is 5.08. The summed E-state index contributed by atoms with van der Waals surface area (Å²) in [7, 11) is 0.